The molecule has 1 amide bonds. The summed E-state index contributed by atoms with van der Waals surface area (Å²) in [6, 6.07) is 2.63. The van der Waals surface area contributed by atoms with E-state index in [1.807, 2.05) is 4.90 Å². The lowest BCUT2D eigenvalue weighted by Crippen LogP contribution is -2.38. The molecule has 0 N–H and O–H groups in total. The second kappa shape index (κ2) is 3.27. The van der Waals surface area contributed by atoms with Gasteiger partial charge < -0.3 is 4.90 Å². The first kappa shape index (κ1) is 9.51. The second-order valence-corrected chi connectivity index (χ2v) is 4.42. The van der Waals surface area contributed by atoms with Gasteiger partial charge in [0.15, 0.2) is 0 Å². The average Bonchev–Trinajstić information content (AvgIpc) is 3.05. The number of hydrogen-bond donors (Lipinski definition) is 0. The number of nitrogens with zero attached hydrogens (tertiary/aromatic N) is 2. The molecule has 2 saturated carbocycles. The standard InChI is InChI=1S/C11H16N2O/c1-2-7-13(9-3-4-9)10(14)11(8-12)5-6-11/h9H,2-7H2,1H3. The maximum Gasteiger partial charge on any atom is 0.243 e. The van der Waals surface area contributed by atoms with Crippen molar-refractivity contribution in [2.24, 2.45) is 5.41 Å². The molecule has 3 heteroatoms. The molecule has 0 bridgehead atoms. The van der Waals surface area contributed by atoms with Crippen LogP contribution >= 0.6 is 0 Å². The Bertz CT molecular complexity index is 284. The lowest BCUT2D eigenvalue weighted by molar-refractivity contribution is -0.135. The molecule has 3 nitrogen and oxygen atoms in total. The Morgan fingerprint density at radius 3 is 2.57 bits per heavy atom. The van der Waals surface area contributed by atoms with E-state index >= 15 is 0 Å². The Morgan fingerprint density at radius 1 is 1.57 bits per heavy atom. The predicted molar refractivity (Wildman–Crippen MR) is 52.3 cm³/mol. The van der Waals surface area contributed by atoms with Crippen molar-refractivity contribution < 1.29 is 4.79 Å². The van der Waals surface area contributed by atoms with E-state index in [1.54, 1.807) is 0 Å². The Kier molecular flexibility index (Phi) is 2.22. The number of rotatable bonds is 4. The molecule has 76 valence electrons. The molecule has 2 aliphatic rings. The Morgan fingerprint density at radius 2 is 2.21 bits per heavy atom. The van der Waals surface area contributed by atoms with Crippen molar-refractivity contribution in [1.82, 2.24) is 4.90 Å². The largest absolute Gasteiger partial charge is 0.338 e. The molecule has 0 heterocycles. The molecule has 0 aromatic rings. The van der Waals surface area contributed by atoms with Gasteiger partial charge in [-0.05, 0) is 32.1 Å². The number of nitriles is 1. The zero-order chi connectivity index (χ0) is 10.2. The van der Waals surface area contributed by atoms with E-state index in [-0.39, 0.29) is 5.91 Å². The fourth-order valence-electron chi connectivity index (χ4n) is 1.85. The molecular weight excluding hydrogens is 176 g/mol. The molecule has 0 aromatic heterocycles. The van der Waals surface area contributed by atoms with Crippen molar-refractivity contribution in [2.45, 2.75) is 45.1 Å². The van der Waals surface area contributed by atoms with Crippen molar-refractivity contribution in [3.05, 3.63) is 0 Å². The number of carbonyl (C=O) groups excluding carboxylic acids is 1. The van der Waals surface area contributed by atoms with Crippen LogP contribution in [0.3, 0.4) is 0 Å². The molecule has 2 aliphatic carbocycles. The smallest absolute Gasteiger partial charge is 0.243 e. The summed E-state index contributed by atoms with van der Waals surface area (Å²) in [6.45, 7) is 2.90. The van der Waals surface area contributed by atoms with Crippen LogP contribution in [-0.4, -0.2) is 23.4 Å². The van der Waals surface area contributed by atoms with Gasteiger partial charge in [0, 0.05) is 12.6 Å². The zero-order valence-electron chi connectivity index (χ0n) is 8.62. The Labute approximate surface area is 84.7 Å². The van der Waals surface area contributed by atoms with Gasteiger partial charge >= 0.3 is 0 Å². The highest BCUT2D eigenvalue weighted by molar-refractivity contribution is 5.88. The molecule has 0 atom stereocenters. The fraction of sp³-hybridized carbons (Fsp3) is 0.818. The van der Waals surface area contributed by atoms with Gasteiger partial charge in [0.2, 0.25) is 5.91 Å². The van der Waals surface area contributed by atoms with Crippen molar-refractivity contribution in [1.29, 1.82) is 5.26 Å². The third kappa shape index (κ3) is 1.50. The summed E-state index contributed by atoms with van der Waals surface area (Å²) in [5.41, 5.74) is -0.613. The first-order valence-corrected chi connectivity index (χ1v) is 5.46. The van der Waals surface area contributed by atoms with Crippen LogP contribution in [0.2, 0.25) is 0 Å². The van der Waals surface area contributed by atoms with Crippen LogP contribution in [0.5, 0.6) is 0 Å². The summed E-state index contributed by atoms with van der Waals surface area (Å²) < 4.78 is 0. The van der Waals surface area contributed by atoms with Crippen LogP contribution in [0.25, 0.3) is 0 Å². The van der Waals surface area contributed by atoms with Crippen LogP contribution in [0.15, 0.2) is 0 Å². The lowest BCUT2D eigenvalue weighted by Gasteiger charge is -2.23. The fourth-order valence-corrected chi connectivity index (χ4v) is 1.85. The first-order chi connectivity index (χ1) is 6.73. The van der Waals surface area contributed by atoms with Gasteiger partial charge in [0.1, 0.15) is 5.41 Å². The Hall–Kier alpha value is -1.04. The third-order valence-corrected chi connectivity index (χ3v) is 3.09. The third-order valence-electron chi connectivity index (χ3n) is 3.09. The van der Waals surface area contributed by atoms with Gasteiger partial charge in [-0.15, -0.1) is 0 Å². The van der Waals surface area contributed by atoms with Gasteiger partial charge in [-0.3, -0.25) is 4.79 Å². The predicted octanol–water partition coefficient (Wildman–Crippen LogP) is 1.69. The van der Waals surface area contributed by atoms with Gasteiger partial charge in [-0.25, -0.2) is 0 Å². The van der Waals surface area contributed by atoms with E-state index in [0.29, 0.717) is 6.04 Å². The summed E-state index contributed by atoms with van der Waals surface area (Å²) >= 11 is 0. The van der Waals surface area contributed by atoms with E-state index in [4.69, 9.17) is 5.26 Å². The van der Waals surface area contributed by atoms with E-state index in [1.165, 1.54) is 0 Å². The zero-order valence-corrected chi connectivity index (χ0v) is 8.62. The molecule has 0 unspecified atom stereocenters. The van der Waals surface area contributed by atoms with Crippen LogP contribution < -0.4 is 0 Å². The van der Waals surface area contributed by atoms with Crippen LogP contribution in [-0.2, 0) is 4.79 Å². The van der Waals surface area contributed by atoms with E-state index in [9.17, 15) is 4.79 Å². The highest BCUT2D eigenvalue weighted by atomic mass is 16.2. The van der Waals surface area contributed by atoms with Gasteiger partial charge in [-0.1, -0.05) is 6.92 Å². The quantitative estimate of drug-likeness (QED) is 0.680. The molecule has 0 spiro atoms. The topological polar surface area (TPSA) is 44.1 Å². The van der Waals surface area contributed by atoms with E-state index in [2.05, 4.69) is 13.0 Å². The minimum atomic E-state index is -0.613. The van der Waals surface area contributed by atoms with Crippen molar-refractivity contribution in [2.75, 3.05) is 6.54 Å². The molecule has 14 heavy (non-hydrogen) atoms. The minimum Gasteiger partial charge on any atom is -0.338 e. The molecule has 0 radical (unpaired) electrons. The lowest BCUT2D eigenvalue weighted by atomic mass is 10.1. The maximum atomic E-state index is 12.0. The molecule has 2 fully saturated rings. The maximum absolute atomic E-state index is 12.0. The second-order valence-electron chi connectivity index (χ2n) is 4.42. The average molecular weight is 192 g/mol. The SMILES string of the molecule is CCCN(C(=O)C1(C#N)CC1)C1CC1. The van der Waals surface area contributed by atoms with Crippen molar-refractivity contribution >= 4 is 5.91 Å². The van der Waals surface area contributed by atoms with Crippen molar-refractivity contribution in [3.63, 3.8) is 0 Å². The van der Waals surface area contributed by atoms with E-state index < -0.39 is 5.41 Å². The molecular formula is C11H16N2O. The molecule has 0 aromatic carbocycles. The van der Waals surface area contributed by atoms with Gasteiger partial charge in [0.25, 0.3) is 0 Å². The Balaban J connectivity index is 2.04. The minimum absolute atomic E-state index is 0.101. The van der Waals surface area contributed by atoms with Crippen molar-refractivity contribution in [3.8, 4) is 6.07 Å². The normalized spacial score (nSPS) is 22.6. The number of hydrogen-bond acceptors (Lipinski definition) is 2. The van der Waals surface area contributed by atoms with E-state index in [0.717, 1.165) is 38.6 Å². The molecule has 0 saturated heterocycles. The highest BCUT2D eigenvalue weighted by Gasteiger charge is 2.54. The van der Waals surface area contributed by atoms with Crippen LogP contribution in [0.1, 0.15) is 39.0 Å². The van der Waals surface area contributed by atoms with Crippen LogP contribution in [0, 0.1) is 16.7 Å². The first-order valence-electron chi connectivity index (χ1n) is 5.46. The van der Waals surface area contributed by atoms with Gasteiger partial charge in [-0.2, -0.15) is 5.26 Å². The summed E-state index contributed by atoms with van der Waals surface area (Å²) in [6.07, 6.45) is 4.80. The summed E-state index contributed by atoms with van der Waals surface area (Å²) in [7, 11) is 0. The summed E-state index contributed by atoms with van der Waals surface area (Å²) in [4.78, 5) is 14.0. The van der Waals surface area contributed by atoms with Gasteiger partial charge in [0.05, 0.1) is 6.07 Å². The monoisotopic (exact) mass is 192 g/mol. The van der Waals surface area contributed by atoms with Crippen LogP contribution in [0.4, 0.5) is 0 Å². The summed E-state index contributed by atoms with van der Waals surface area (Å²) in [5.74, 6) is 0.101. The molecule has 0 aliphatic heterocycles. The number of amides is 1. The summed E-state index contributed by atoms with van der Waals surface area (Å²) in [5, 5.41) is 8.95. The number of carbonyl (C=O) groups is 1. The highest BCUT2D eigenvalue weighted by Crippen LogP contribution is 2.48. The molecule has 2 rings (SSSR count).